The normalized spacial score (nSPS) is 11.2. The smallest absolute Gasteiger partial charge is 0.121 e. The van der Waals surface area contributed by atoms with Gasteiger partial charge in [0.2, 0.25) is 0 Å². The number of nitrogen functional groups attached to an aromatic ring is 1. The van der Waals surface area contributed by atoms with Crippen LogP contribution < -0.4 is 5.73 Å². The summed E-state index contributed by atoms with van der Waals surface area (Å²) < 4.78 is 1.68. The highest BCUT2D eigenvalue weighted by molar-refractivity contribution is 5.96. The number of H-pyrrole nitrogens is 1. The summed E-state index contributed by atoms with van der Waals surface area (Å²) in [7, 11) is 1.85. The molecule has 3 N–H and O–H groups in total. The number of aryl methyl sites for hydroxylation is 2. The maximum atomic E-state index is 5.81. The van der Waals surface area contributed by atoms with Gasteiger partial charge in [0.05, 0.1) is 5.69 Å². The van der Waals surface area contributed by atoms with E-state index in [1.807, 2.05) is 19.3 Å². The van der Waals surface area contributed by atoms with Gasteiger partial charge in [0.25, 0.3) is 0 Å². The second kappa shape index (κ2) is 3.38. The Labute approximate surface area is 99.1 Å². The third kappa shape index (κ3) is 1.41. The first-order valence-corrected chi connectivity index (χ1v) is 5.53. The van der Waals surface area contributed by atoms with Gasteiger partial charge in [-0.3, -0.25) is 4.68 Å². The maximum Gasteiger partial charge on any atom is 0.121 e. The van der Waals surface area contributed by atoms with Crippen LogP contribution in [0.25, 0.3) is 22.2 Å². The summed E-state index contributed by atoms with van der Waals surface area (Å²) in [4.78, 5) is 3.29. The van der Waals surface area contributed by atoms with Crippen molar-refractivity contribution < 1.29 is 0 Å². The molecule has 0 aliphatic heterocycles. The highest BCUT2D eigenvalue weighted by atomic mass is 15.3. The molecule has 0 saturated heterocycles. The number of aromatic amines is 1. The average Bonchev–Trinajstić information content (AvgIpc) is 2.85. The maximum absolute atomic E-state index is 5.81. The van der Waals surface area contributed by atoms with Gasteiger partial charge in [-0.1, -0.05) is 18.2 Å². The number of aromatic nitrogens is 3. The van der Waals surface area contributed by atoms with Gasteiger partial charge in [-0.25, -0.2) is 0 Å². The zero-order chi connectivity index (χ0) is 12.0. The van der Waals surface area contributed by atoms with Crippen LogP contribution in [0.3, 0.4) is 0 Å². The Kier molecular flexibility index (Phi) is 1.98. The lowest BCUT2D eigenvalue weighted by Gasteiger charge is -1.96. The number of nitrogens with two attached hydrogens (primary N) is 1. The second-order valence-electron chi connectivity index (χ2n) is 4.28. The molecule has 3 rings (SSSR count). The van der Waals surface area contributed by atoms with Crippen LogP contribution in [0.5, 0.6) is 0 Å². The third-order valence-corrected chi connectivity index (χ3v) is 3.12. The van der Waals surface area contributed by atoms with Gasteiger partial charge in [-0.15, -0.1) is 0 Å². The van der Waals surface area contributed by atoms with E-state index in [4.69, 9.17) is 5.73 Å². The Hall–Kier alpha value is -2.23. The molecule has 4 heteroatoms. The van der Waals surface area contributed by atoms with E-state index in [1.54, 1.807) is 4.68 Å². The molecule has 2 heterocycles. The number of para-hydroxylation sites is 1. The van der Waals surface area contributed by atoms with Crippen molar-refractivity contribution in [2.75, 3.05) is 5.73 Å². The number of fused-ring (bicyclic) bond motifs is 1. The molecular formula is C13H14N4. The molecule has 4 nitrogen and oxygen atoms in total. The molecule has 1 aromatic carbocycles. The predicted octanol–water partition coefficient (Wildman–Crippen LogP) is 2.46. The van der Waals surface area contributed by atoms with Crippen LogP contribution in [-0.2, 0) is 7.05 Å². The fraction of sp³-hybridized carbons (Fsp3) is 0.154. The fourth-order valence-electron chi connectivity index (χ4n) is 2.13. The lowest BCUT2D eigenvalue weighted by Crippen LogP contribution is -1.96. The number of benzene rings is 1. The summed E-state index contributed by atoms with van der Waals surface area (Å²) in [6.45, 7) is 2.09. The van der Waals surface area contributed by atoms with Gasteiger partial charge in [0.15, 0.2) is 0 Å². The van der Waals surface area contributed by atoms with Crippen molar-refractivity contribution in [2.45, 2.75) is 6.92 Å². The highest BCUT2D eigenvalue weighted by Gasteiger charge is 2.10. The van der Waals surface area contributed by atoms with Crippen LogP contribution in [0.1, 0.15) is 5.56 Å². The molecule has 86 valence electrons. The fourth-order valence-corrected chi connectivity index (χ4v) is 2.13. The standard InChI is InChI=1S/C13H14N4/c1-8-4-3-5-9-10(7-15-13(8)9)11-6-12(14)17(2)16-11/h3-7,15H,14H2,1-2H3. The Balaban J connectivity index is 2.28. The lowest BCUT2D eigenvalue weighted by molar-refractivity contribution is 0.782. The van der Waals surface area contributed by atoms with Crippen molar-refractivity contribution >= 4 is 16.7 Å². The van der Waals surface area contributed by atoms with Crippen LogP contribution in [0.4, 0.5) is 5.82 Å². The number of nitrogens with one attached hydrogen (secondary N) is 1. The lowest BCUT2D eigenvalue weighted by atomic mass is 10.1. The Morgan fingerprint density at radius 3 is 2.88 bits per heavy atom. The topological polar surface area (TPSA) is 59.6 Å². The molecule has 3 aromatic rings. The summed E-state index contributed by atoms with van der Waals surface area (Å²) in [5.41, 5.74) is 10.2. The van der Waals surface area contributed by atoms with E-state index in [-0.39, 0.29) is 0 Å². The SMILES string of the molecule is Cc1cccc2c(-c3cc(N)n(C)n3)c[nH]c12. The largest absolute Gasteiger partial charge is 0.384 e. The molecule has 0 radical (unpaired) electrons. The monoisotopic (exact) mass is 226 g/mol. The van der Waals surface area contributed by atoms with Crippen LogP contribution in [-0.4, -0.2) is 14.8 Å². The van der Waals surface area contributed by atoms with Crippen molar-refractivity contribution in [1.29, 1.82) is 0 Å². The van der Waals surface area contributed by atoms with E-state index < -0.39 is 0 Å². The Morgan fingerprint density at radius 1 is 1.35 bits per heavy atom. The molecule has 2 aromatic heterocycles. The van der Waals surface area contributed by atoms with Crippen LogP contribution in [0.15, 0.2) is 30.5 Å². The third-order valence-electron chi connectivity index (χ3n) is 3.12. The Bertz CT molecular complexity index is 671. The molecular weight excluding hydrogens is 212 g/mol. The molecule has 0 saturated carbocycles. The molecule has 17 heavy (non-hydrogen) atoms. The summed E-state index contributed by atoms with van der Waals surface area (Å²) >= 11 is 0. The molecule has 0 unspecified atom stereocenters. The highest BCUT2D eigenvalue weighted by Crippen LogP contribution is 2.29. The van der Waals surface area contributed by atoms with Crippen LogP contribution >= 0.6 is 0 Å². The van der Waals surface area contributed by atoms with Gasteiger partial charge in [-0.05, 0) is 12.5 Å². The quantitative estimate of drug-likeness (QED) is 0.669. The average molecular weight is 226 g/mol. The first-order valence-electron chi connectivity index (χ1n) is 5.53. The van der Waals surface area contributed by atoms with Crippen LogP contribution in [0.2, 0.25) is 0 Å². The minimum Gasteiger partial charge on any atom is -0.384 e. The number of hydrogen-bond donors (Lipinski definition) is 2. The summed E-state index contributed by atoms with van der Waals surface area (Å²) in [6, 6.07) is 8.14. The first kappa shape index (κ1) is 9.96. The van der Waals surface area contributed by atoms with Crippen molar-refractivity contribution in [1.82, 2.24) is 14.8 Å². The summed E-state index contributed by atoms with van der Waals surface area (Å²) in [5.74, 6) is 0.669. The first-order chi connectivity index (χ1) is 8.16. The van der Waals surface area contributed by atoms with E-state index in [2.05, 4.69) is 35.2 Å². The number of nitrogens with zero attached hydrogens (tertiary/aromatic N) is 2. The van der Waals surface area contributed by atoms with E-state index in [1.165, 1.54) is 10.9 Å². The predicted molar refractivity (Wildman–Crippen MR) is 69.7 cm³/mol. The van der Waals surface area contributed by atoms with E-state index >= 15 is 0 Å². The molecule has 0 amide bonds. The number of anilines is 1. The molecule has 0 fully saturated rings. The van der Waals surface area contributed by atoms with Gasteiger partial charge < -0.3 is 10.7 Å². The minimum absolute atomic E-state index is 0.669. The van der Waals surface area contributed by atoms with Crippen LogP contribution in [0, 0.1) is 6.92 Å². The second-order valence-corrected chi connectivity index (χ2v) is 4.28. The van der Waals surface area contributed by atoms with Gasteiger partial charge >= 0.3 is 0 Å². The zero-order valence-corrected chi connectivity index (χ0v) is 9.86. The van der Waals surface area contributed by atoms with Crippen molar-refractivity contribution in [3.05, 3.63) is 36.0 Å². The van der Waals surface area contributed by atoms with E-state index in [9.17, 15) is 0 Å². The van der Waals surface area contributed by atoms with Crippen molar-refractivity contribution in [3.63, 3.8) is 0 Å². The Morgan fingerprint density at radius 2 is 2.18 bits per heavy atom. The molecule has 0 bridgehead atoms. The van der Waals surface area contributed by atoms with Crippen molar-refractivity contribution in [2.24, 2.45) is 7.05 Å². The van der Waals surface area contributed by atoms with E-state index in [0.29, 0.717) is 5.82 Å². The van der Waals surface area contributed by atoms with E-state index in [0.717, 1.165) is 16.8 Å². The molecule has 0 aliphatic carbocycles. The van der Waals surface area contributed by atoms with Gasteiger partial charge in [0, 0.05) is 35.8 Å². The molecule has 0 atom stereocenters. The molecule has 0 aliphatic rings. The van der Waals surface area contributed by atoms with Gasteiger partial charge in [0.1, 0.15) is 5.82 Å². The number of rotatable bonds is 1. The van der Waals surface area contributed by atoms with Crippen molar-refractivity contribution in [3.8, 4) is 11.3 Å². The number of hydrogen-bond acceptors (Lipinski definition) is 2. The zero-order valence-electron chi connectivity index (χ0n) is 9.86. The van der Waals surface area contributed by atoms with Gasteiger partial charge in [-0.2, -0.15) is 5.10 Å². The summed E-state index contributed by atoms with van der Waals surface area (Å²) in [6.07, 6.45) is 1.99. The molecule has 0 spiro atoms. The minimum atomic E-state index is 0.669. The summed E-state index contributed by atoms with van der Waals surface area (Å²) in [5, 5.41) is 5.59.